The van der Waals surface area contributed by atoms with Gasteiger partial charge in [0.15, 0.2) is 0 Å². The van der Waals surface area contributed by atoms with E-state index in [-0.39, 0.29) is 0 Å². The van der Waals surface area contributed by atoms with Crippen molar-refractivity contribution >= 4 is 27.6 Å². The Morgan fingerprint density at radius 1 is 0.906 bits per heavy atom. The Kier molecular flexibility index (Phi) is 5.29. The van der Waals surface area contributed by atoms with Crippen LogP contribution in [0.5, 0.6) is 0 Å². The van der Waals surface area contributed by atoms with Gasteiger partial charge in [-0.25, -0.2) is 8.42 Å². The van der Waals surface area contributed by atoms with Gasteiger partial charge in [-0.05, 0) is 71.6 Å². The summed E-state index contributed by atoms with van der Waals surface area (Å²) in [6, 6.07) is 11.5. The van der Waals surface area contributed by atoms with Crippen LogP contribution in [0.3, 0.4) is 0 Å². The Morgan fingerprint density at radius 3 is 2.22 bits per heavy atom. The second-order valence-electron chi connectivity index (χ2n) is 8.84. The van der Waals surface area contributed by atoms with E-state index in [1.165, 1.54) is 30.5 Å². The summed E-state index contributed by atoms with van der Waals surface area (Å²) in [5.41, 5.74) is -0.0721. The van der Waals surface area contributed by atoms with Crippen molar-refractivity contribution in [1.82, 2.24) is 4.90 Å². The van der Waals surface area contributed by atoms with Gasteiger partial charge in [0.25, 0.3) is 9.84 Å². The molecule has 3 aliphatic rings. The van der Waals surface area contributed by atoms with E-state index in [1.54, 1.807) is 0 Å². The van der Waals surface area contributed by atoms with Gasteiger partial charge in [-0.15, -0.1) is 0 Å². The lowest BCUT2D eigenvalue weighted by atomic mass is 9.86. The van der Waals surface area contributed by atoms with Gasteiger partial charge in [0.2, 0.25) is 0 Å². The van der Waals surface area contributed by atoms with Crippen molar-refractivity contribution in [3.63, 3.8) is 0 Å². The molecule has 1 heterocycles. The Balaban J connectivity index is 1.63. The van der Waals surface area contributed by atoms with Gasteiger partial charge < -0.3 is 4.90 Å². The molecule has 0 bridgehead atoms. The minimum atomic E-state index is -5.42. The molecule has 168 valence electrons. The molecule has 32 heavy (non-hydrogen) atoms. The highest BCUT2D eigenvalue weighted by molar-refractivity contribution is 7.92. The van der Waals surface area contributed by atoms with E-state index in [9.17, 15) is 21.6 Å². The zero-order chi connectivity index (χ0) is 22.5. The third kappa shape index (κ3) is 3.92. The molecule has 2 aromatic carbocycles. The smallest absolute Gasteiger partial charge is 0.302 e. The van der Waals surface area contributed by atoms with Crippen LogP contribution < -0.4 is 0 Å². The predicted molar refractivity (Wildman–Crippen MR) is 119 cm³/mol. The van der Waals surface area contributed by atoms with Crippen molar-refractivity contribution < 1.29 is 21.6 Å². The molecule has 2 fully saturated rings. The largest absolute Gasteiger partial charge is 0.501 e. The minimum Gasteiger partial charge on any atom is -0.302 e. The summed E-state index contributed by atoms with van der Waals surface area (Å²) in [7, 11) is -5.42. The number of nitrogens with zero attached hydrogens (tertiary/aromatic N) is 1. The van der Waals surface area contributed by atoms with E-state index in [2.05, 4.69) is 4.90 Å². The van der Waals surface area contributed by atoms with Gasteiger partial charge in [-0.2, -0.15) is 13.2 Å². The van der Waals surface area contributed by atoms with E-state index in [0.717, 1.165) is 66.7 Å². The van der Waals surface area contributed by atoms with E-state index < -0.39 is 20.2 Å². The van der Waals surface area contributed by atoms with Gasteiger partial charge in [-0.1, -0.05) is 48.1 Å². The fraction of sp³-hybridized carbons (Fsp3) is 0.360. The summed E-state index contributed by atoms with van der Waals surface area (Å²) >= 11 is 0. The number of sulfone groups is 1. The quantitative estimate of drug-likeness (QED) is 0.499. The number of benzene rings is 2. The van der Waals surface area contributed by atoms with Crippen LogP contribution in [0.1, 0.15) is 47.9 Å². The molecule has 0 radical (unpaired) electrons. The molecular weight excluding hydrogens is 435 g/mol. The van der Waals surface area contributed by atoms with Crippen molar-refractivity contribution in [2.75, 3.05) is 19.6 Å². The van der Waals surface area contributed by atoms with Crippen molar-refractivity contribution in [1.29, 1.82) is 0 Å². The fourth-order valence-electron chi connectivity index (χ4n) is 4.69. The molecule has 0 unspecified atom stereocenters. The molecule has 0 spiro atoms. The standard InChI is InChI=1S/C25H24F3NO2S/c26-25(27,28)32(30,31)21-10-9-19-8-7-18-3-1-2-4-22(18)24(23(19)15-21)20-11-13-29(14-12-20)16-17-5-6-17/h1-4,7-10,15,17H,5-6,11-14,16H2. The lowest BCUT2D eigenvalue weighted by molar-refractivity contribution is -0.0436. The van der Waals surface area contributed by atoms with Crippen molar-refractivity contribution in [3.05, 3.63) is 70.3 Å². The summed E-state index contributed by atoms with van der Waals surface area (Å²) in [5, 5.41) is 0. The Labute approximate surface area is 186 Å². The predicted octanol–water partition coefficient (Wildman–Crippen LogP) is 5.77. The summed E-state index contributed by atoms with van der Waals surface area (Å²) < 4.78 is 64.0. The highest BCUT2D eigenvalue weighted by Gasteiger charge is 2.47. The molecule has 1 saturated carbocycles. The number of hydrogen-bond donors (Lipinski definition) is 0. The highest BCUT2D eigenvalue weighted by atomic mass is 32.2. The number of fused-ring (bicyclic) bond motifs is 2. The maximum absolute atomic E-state index is 13.3. The normalized spacial score (nSPS) is 19.5. The maximum atomic E-state index is 13.3. The number of rotatable bonds is 3. The van der Waals surface area contributed by atoms with Crippen LogP contribution in [-0.4, -0.2) is 38.5 Å². The van der Waals surface area contributed by atoms with Crippen LogP contribution in [0.25, 0.3) is 17.7 Å². The summed E-state index contributed by atoms with van der Waals surface area (Å²) in [5.74, 6) is 0.808. The molecule has 0 atom stereocenters. The molecule has 2 aromatic rings. The molecular formula is C25H24F3NO2S. The zero-order valence-corrected chi connectivity index (χ0v) is 18.3. The second kappa shape index (κ2) is 7.89. The Bertz CT molecular complexity index is 1210. The van der Waals surface area contributed by atoms with Crippen LogP contribution in [-0.2, 0) is 9.84 Å². The second-order valence-corrected chi connectivity index (χ2v) is 10.8. The number of halogens is 3. The lowest BCUT2D eigenvalue weighted by Crippen LogP contribution is -2.32. The van der Waals surface area contributed by atoms with Gasteiger partial charge in [0.1, 0.15) is 0 Å². The van der Waals surface area contributed by atoms with E-state index in [4.69, 9.17) is 0 Å². The average Bonchev–Trinajstić information content (AvgIpc) is 3.59. The molecule has 2 aliphatic carbocycles. The van der Waals surface area contributed by atoms with Crippen LogP contribution in [0.4, 0.5) is 13.2 Å². The molecule has 0 aromatic heterocycles. The molecule has 7 heteroatoms. The Morgan fingerprint density at radius 2 is 1.56 bits per heavy atom. The van der Waals surface area contributed by atoms with Crippen molar-refractivity contribution in [3.8, 4) is 0 Å². The molecule has 0 amide bonds. The van der Waals surface area contributed by atoms with Crippen molar-refractivity contribution in [2.24, 2.45) is 5.92 Å². The fourth-order valence-corrected chi connectivity index (χ4v) is 5.48. The van der Waals surface area contributed by atoms with Crippen LogP contribution in [0, 0.1) is 5.92 Å². The lowest BCUT2D eigenvalue weighted by Gasteiger charge is -2.30. The zero-order valence-electron chi connectivity index (χ0n) is 17.5. The summed E-state index contributed by atoms with van der Waals surface area (Å²) in [4.78, 5) is 1.76. The minimum absolute atomic E-state index is 0.558. The Hall–Kier alpha value is -2.38. The van der Waals surface area contributed by atoms with E-state index in [0.29, 0.717) is 5.56 Å². The number of hydrogen-bond acceptors (Lipinski definition) is 3. The topological polar surface area (TPSA) is 37.4 Å². The molecule has 1 aliphatic heterocycles. The van der Waals surface area contributed by atoms with Gasteiger partial charge in [-0.3, -0.25) is 0 Å². The number of piperidine rings is 1. The SMILES string of the molecule is O=S(=O)(c1ccc2c(c1)C(=C1CCN(CC3CC3)CC1)c1ccccc1C=C2)C(F)(F)F. The first-order valence-corrected chi connectivity index (χ1v) is 12.4. The third-order valence-corrected chi connectivity index (χ3v) is 8.09. The van der Waals surface area contributed by atoms with Crippen LogP contribution in [0.2, 0.25) is 0 Å². The van der Waals surface area contributed by atoms with Gasteiger partial charge in [0.05, 0.1) is 4.90 Å². The van der Waals surface area contributed by atoms with E-state index >= 15 is 0 Å². The number of likely N-dealkylation sites (tertiary alicyclic amines) is 1. The van der Waals surface area contributed by atoms with E-state index in [1.807, 2.05) is 36.4 Å². The monoisotopic (exact) mass is 459 g/mol. The maximum Gasteiger partial charge on any atom is 0.501 e. The molecule has 0 N–H and O–H groups in total. The summed E-state index contributed by atoms with van der Waals surface area (Å²) in [6.45, 7) is 2.95. The molecule has 1 saturated heterocycles. The summed E-state index contributed by atoms with van der Waals surface area (Å²) in [6.07, 6.45) is 8.05. The molecule has 3 nitrogen and oxygen atoms in total. The first-order valence-electron chi connectivity index (χ1n) is 10.9. The van der Waals surface area contributed by atoms with Gasteiger partial charge >= 0.3 is 5.51 Å². The van der Waals surface area contributed by atoms with Crippen LogP contribution >= 0.6 is 0 Å². The highest BCUT2D eigenvalue weighted by Crippen LogP contribution is 2.41. The average molecular weight is 460 g/mol. The first kappa shape index (κ1) is 21.5. The molecule has 5 rings (SSSR count). The number of alkyl halides is 3. The van der Waals surface area contributed by atoms with Crippen LogP contribution in [0.15, 0.2) is 52.9 Å². The van der Waals surface area contributed by atoms with Crippen molar-refractivity contribution in [2.45, 2.75) is 36.1 Å². The van der Waals surface area contributed by atoms with Gasteiger partial charge in [0, 0.05) is 19.6 Å². The third-order valence-electron chi connectivity index (χ3n) is 6.61. The first-order chi connectivity index (χ1) is 15.2.